The number of Topliss-reactive ketones (excluding diaryl/α,β-unsaturated/α-hetero) is 1. The first-order valence-electron chi connectivity index (χ1n) is 8.49. The van der Waals surface area contributed by atoms with E-state index in [4.69, 9.17) is 9.15 Å². The van der Waals surface area contributed by atoms with Gasteiger partial charge in [-0.1, -0.05) is 32.1 Å². The van der Waals surface area contributed by atoms with Crippen LogP contribution < -0.4 is 0 Å². The van der Waals surface area contributed by atoms with Crippen molar-refractivity contribution >= 4 is 11.8 Å². The van der Waals surface area contributed by atoms with Gasteiger partial charge in [-0.3, -0.25) is 9.59 Å². The molecule has 2 rings (SSSR count). The Morgan fingerprint density at radius 2 is 1.96 bits per heavy atom. The van der Waals surface area contributed by atoms with Gasteiger partial charge < -0.3 is 9.15 Å². The van der Waals surface area contributed by atoms with E-state index in [1.165, 1.54) is 6.26 Å². The van der Waals surface area contributed by atoms with E-state index < -0.39 is 11.9 Å². The molecule has 0 saturated carbocycles. The monoisotopic (exact) mass is 330 g/mol. The lowest BCUT2D eigenvalue weighted by molar-refractivity contribution is -0.150. The minimum absolute atomic E-state index is 0.263. The lowest BCUT2D eigenvalue weighted by Gasteiger charge is -2.20. The summed E-state index contributed by atoms with van der Waals surface area (Å²) in [5, 5.41) is 0. The van der Waals surface area contributed by atoms with Gasteiger partial charge in [0.1, 0.15) is 24.0 Å². The second-order valence-electron chi connectivity index (χ2n) is 6.78. The number of fused-ring (bicyclic) bond motifs is 2. The van der Waals surface area contributed by atoms with Crippen LogP contribution in [-0.4, -0.2) is 17.9 Å². The van der Waals surface area contributed by atoms with Gasteiger partial charge in [0.25, 0.3) is 0 Å². The molecule has 0 radical (unpaired) electrons. The highest BCUT2D eigenvalue weighted by atomic mass is 16.5. The van der Waals surface area contributed by atoms with E-state index >= 15 is 0 Å². The van der Waals surface area contributed by atoms with Gasteiger partial charge in [-0.2, -0.15) is 0 Å². The fraction of sp³-hybridized carbons (Fsp3) is 0.500. The molecule has 2 heterocycles. The average molecular weight is 330 g/mol. The van der Waals surface area contributed by atoms with Gasteiger partial charge in [0.05, 0.1) is 5.56 Å². The number of esters is 1. The van der Waals surface area contributed by atoms with Crippen LogP contribution in [-0.2, 0) is 16.0 Å². The molecule has 3 atom stereocenters. The van der Waals surface area contributed by atoms with E-state index in [0.717, 1.165) is 29.7 Å². The lowest BCUT2D eigenvalue weighted by atomic mass is 9.94. The van der Waals surface area contributed by atoms with Crippen molar-refractivity contribution in [3.05, 3.63) is 47.5 Å². The number of carbonyl (C=O) groups is 2. The molecule has 1 aromatic heterocycles. The number of ether oxygens (including phenoxy) is 1. The number of furan rings is 1. The van der Waals surface area contributed by atoms with Crippen molar-refractivity contribution in [3.8, 4) is 0 Å². The molecule has 4 heteroatoms. The fourth-order valence-corrected chi connectivity index (χ4v) is 3.05. The Kier molecular flexibility index (Phi) is 5.81. The van der Waals surface area contributed by atoms with E-state index in [0.29, 0.717) is 17.9 Å². The first-order valence-corrected chi connectivity index (χ1v) is 8.49. The average Bonchev–Trinajstić information content (AvgIpc) is 2.97. The smallest absolute Gasteiger partial charge is 0.317 e. The fourth-order valence-electron chi connectivity index (χ4n) is 3.05. The van der Waals surface area contributed by atoms with Crippen LogP contribution in [0.15, 0.2) is 40.5 Å². The second kappa shape index (κ2) is 7.65. The molecule has 0 aromatic carbocycles. The predicted molar refractivity (Wildman–Crippen MR) is 92.8 cm³/mol. The Morgan fingerprint density at radius 1 is 1.25 bits per heavy atom. The summed E-state index contributed by atoms with van der Waals surface area (Å²) in [5.41, 5.74) is 2.39. The number of hydrogen-bond acceptors (Lipinski definition) is 4. The maximum absolute atomic E-state index is 12.5. The SMILES string of the molecule is C=C1/C=C(\C)[C@H](CC)OC(=O)[C@H](C)C(=O)c2coc(c2)C[C@@H](C)C1. The van der Waals surface area contributed by atoms with Crippen LogP contribution in [0.2, 0.25) is 0 Å². The third-order valence-corrected chi connectivity index (χ3v) is 4.41. The van der Waals surface area contributed by atoms with Crippen molar-refractivity contribution in [1.82, 2.24) is 0 Å². The Balaban J connectivity index is 2.35. The van der Waals surface area contributed by atoms with Crippen LogP contribution in [0.1, 0.15) is 56.7 Å². The first-order chi connectivity index (χ1) is 11.3. The molecule has 0 fully saturated rings. The van der Waals surface area contributed by atoms with E-state index in [1.807, 2.05) is 19.9 Å². The van der Waals surface area contributed by atoms with Crippen LogP contribution in [0.4, 0.5) is 0 Å². The molecule has 0 aliphatic carbocycles. The Bertz CT molecular complexity index is 665. The largest absolute Gasteiger partial charge is 0.469 e. The van der Waals surface area contributed by atoms with Crippen LogP contribution in [0.5, 0.6) is 0 Å². The number of ketones is 1. The summed E-state index contributed by atoms with van der Waals surface area (Å²) in [6.07, 6.45) is 5.31. The molecule has 130 valence electrons. The zero-order valence-electron chi connectivity index (χ0n) is 14.9. The maximum atomic E-state index is 12.5. The number of cyclic esters (lactones) is 1. The lowest BCUT2D eigenvalue weighted by Crippen LogP contribution is -2.28. The van der Waals surface area contributed by atoms with Crippen molar-refractivity contribution in [2.45, 2.75) is 53.1 Å². The zero-order valence-corrected chi connectivity index (χ0v) is 14.9. The van der Waals surface area contributed by atoms with Crippen LogP contribution in [0, 0.1) is 11.8 Å². The molecule has 0 unspecified atom stereocenters. The van der Waals surface area contributed by atoms with Gasteiger partial charge in [0.2, 0.25) is 0 Å². The molecule has 0 saturated heterocycles. The molecule has 24 heavy (non-hydrogen) atoms. The van der Waals surface area contributed by atoms with Gasteiger partial charge >= 0.3 is 5.97 Å². The van der Waals surface area contributed by atoms with E-state index in [9.17, 15) is 9.59 Å². The van der Waals surface area contributed by atoms with Gasteiger partial charge in [-0.15, -0.1) is 0 Å². The zero-order chi connectivity index (χ0) is 17.9. The second-order valence-corrected chi connectivity index (χ2v) is 6.78. The highest BCUT2D eigenvalue weighted by Crippen LogP contribution is 2.24. The molecular formula is C20H26O4. The Morgan fingerprint density at radius 3 is 2.62 bits per heavy atom. The predicted octanol–water partition coefficient (Wildman–Crippen LogP) is 4.51. The quantitative estimate of drug-likeness (QED) is 0.562. The third kappa shape index (κ3) is 4.25. The van der Waals surface area contributed by atoms with Crippen LogP contribution in [0.25, 0.3) is 0 Å². The third-order valence-electron chi connectivity index (χ3n) is 4.41. The van der Waals surface area contributed by atoms with Gasteiger partial charge in [-0.25, -0.2) is 0 Å². The minimum atomic E-state index is -0.846. The van der Waals surface area contributed by atoms with Crippen molar-refractivity contribution in [3.63, 3.8) is 0 Å². The number of carbonyl (C=O) groups excluding carboxylic acids is 2. The maximum Gasteiger partial charge on any atom is 0.317 e. The van der Waals surface area contributed by atoms with Crippen molar-refractivity contribution in [1.29, 1.82) is 0 Å². The summed E-state index contributed by atoms with van der Waals surface area (Å²) in [6.45, 7) is 11.7. The highest BCUT2D eigenvalue weighted by Gasteiger charge is 2.28. The topological polar surface area (TPSA) is 56.5 Å². The standard InChI is InChI=1S/C20H26O4/c1-6-18-14(4)8-12(2)7-13(3)9-17-10-16(11-23-17)19(21)15(5)20(22)24-18/h8,10-11,13,15,18H,2,6-7,9H2,1,3-5H3/b14-8+/t13-,15+,18-/m0/s1. The van der Waals surface area contributed by atoms with Crippen LogP contribution in [0.3, 0.4) is 0 Å². The Labute approximate surface area is 143 Å². The van der Waals surface area contributed by atoms with E-state index in [2.05, 4.69) is 13.5 Å². The van der Waals surface area contributed by atoms with Crippen molar-refractivity contribution in [2.24, 2.45) is 11.8 Å². The van der Waals surface area contributed by atoms with E-state index in [1.54, 1.807) is 13.0 Å². The summed E-state index contributed by atoms with van der Waals surface area (Å²) in [4.78, 5) is 24.8. The minimum Gasteiger partial charge on any atom is -0.469 e. The molecule has 4 nitrogen and oxygen atoms in total. The molecule has 1 aliphatic rings. The van der Waals surface area contributed by atoms with Gasteiger partial charge in [-0.05, 0) is 44.2 Å². The highest BCUT2D eigenvalue weighted by molar-refractivity contribution is 6.08. The molecule has 1 aromatic rings. The molecule has 0 spiro atoms. The van der Waals surface area contributed by atoms with Gasteiger partial charge in [0.15, 0.2) is 5.78 Å². The molecule has 2 bridgehead atoms. The van der Waals surface area contributed by atoms with Crippen molar-refractivity contribution < 1.29 is 18.7 Å². The summed E-state index contributed by atoms with van der Waals surface area (Å²) in [5.74, 6) is -0.512. The molecule has 1 aliphatic heterocycles. The first kappa shape index (κ1) is 18.2. The number of rotatable bonds is 1. The summed E-state index contributed by atoms with van der Waals surface area (Å²) in [6, 6.07) is 1.73. The normalized spacial score (nSPS) is 28.8. The van der Waals surface area contributed by atoms with Crippen molar-refractivity contribution in [2.75, 3.05) is 0 Å². The molecule has 0 N–H and O–H groups in total. The number of allylic oxidation sites excluding steroid dienone is 2. The number of hydrogen-bond donors (Lipinski definition) is 0. The summed E-state index contributed by atoms with van der Waals surface area (Å²) < 4.78 is 11.1. The summed E-state index contributed by atoms with van der Waals surface area (Å²) in [7, 11) is 0. The van der Waals surface area contributed by atoms with E-state index in [-0.39, 0.29) is 11.9 Å². The summed E-state index contributed by atoms with van der Waals surface area (Å²) >= 11 is 0. The van der Waals surface area contributed by atoms with Crippen LogP contribution >= 0.6 is 0 Å². The molecule has 0 amide bonds. The Hall–Kier alpha value is -2.10. The molecular weight excluding hydrogens is 304 g/mol. The van der Waals surface area contributed by atoms with Gasteiger partial charge in [0, 0.05) is 6.42 Å².